The second kappa shape index (κ2) is 2.65. The third kappa shape index (κ3) is 3.42. The van der Waals surface area contributed by atoms with Crippen molar-refractivity contribution in [3.05, 3.63) is 0 Å². The summed E-state index contributed by atoms with van der Waals surface area (Å²) in [5.74, 6) is 0. The molecule has 0 amide bonds. The Balaban J connectivity index is 3.62. The fraction of sp³-hybridized carbons (Fsp3) is 0. The number of hydrogen-bond donors (Lipinski definition) is 2. The standard InChI is InChI=1S/CH4N2O2S/c2-1-3-6(4)5/h1,6H,(H2,2,3,4,5). The molecule has 0 aliphatic heterocycles. The number of nitrogens with zero attached hydrogens (tertiary/aromatic N) is 1. The van der Waals surface area contributed by atoms with E-state index in [1.807, 2.05) is 0 Å². The van der Waals surface area contributed by atoms with Crippen LogP contribution < -0.4 is 5.73 Å². The van der Waals surface area contributed by atoms with Gasteiger partial charge in [0.05, 0.1) is 6.34 Å². The molecule has 2 N–H and O–H groups in total. The summed E-state index contributed by atoms with van der Waals surface area (Å²) < 4.78 is 21.4. The van der Waals surface area contributed by atoms with Crippen molar-refractivity contribution in [1.29, 1.82) is 0 Å². The van der Waals surface area contributed by atoms with Gasteiger partial charge in [-0.1, -0.05) is 0 Å². The van der Waals surface area contributed by atoms with Crippen LogP contribution in [0.2, 0.25) is 0 Å². The van der Waals surface area contributed by atoms with Crippen LogP contribution >= 0.6 is 0 Å². The van der Waals surface area contributed by atoms with Crippen molar-refractivity contribution in [3.63, 3.8) is 0 Å². The van der Waals surface area contributed by atoms with Crippen LogP contribution in [-0.4, -0.2) is 14.8 Å². The van der Waals surface area contributed by atoms with Crippen molar-refractivity contribution in [2.45, 2.75) is 0 Å². The van der Waals surface area contributed by atoms with Crippen LogP contribution in [-0.2, 0) is 10.9 Å². The zero-order valence-electron chi connectivity index (χ0n) is 2.87. The second-order valence-corrected chi connectivity index (χ2v) is 1.21. The Morgan fingerprint density at radius 1 is 1.67 bits per heavy atom. The van der Waals surface area contributed by atoms with Crippen LogP contribution in [0.4, 0.5) is 0 Å². The lowest BCUT2D eigenvalue weighted by Crippen LogP contribution is -1.87. The first-order valence-electron chi connectivity index (χ1n) is 1.16. The van der Waals surface area contributed by atoms with E-state index in [2.05, 4.69) is 10.1 Å². The number of thiol groups is 1. The Morgan fingerprint density at radius 3 is 2.17 bits per heavy atom. The summed E-state index contributed by atoms with van der Waals surface area (Å²) in [4.78, 5) is 0. The van der Waals surface area contributed by atoms with Gasteiger partial charge in [-0.25, -0.2) is 8.42 Å². The van der Waals surface area contributed by atoms with Crippen LogP contribution in [0, 0.1) is 0 Å². The molecule has 4 nitrogen and oxygen atoms in total. The van der Waals surface area contributed by atoms with Gasteiger partial charge in [-0.2, -0.15) is 4.40 Å². The Morgan fingerprint density at radius 2 is 2.17 bits per heavy atom. The Hall–Kier alpha value is -0.580. The minimum atomic E-state index is -2.66. The second-order valence-electron chi connectivity index (χ2n) is 0.502. The first-order valence-corrected chi connectivity index (χ1v) is 2.29. The van der Waals surface area contributed by atoms with Gasteiger partial charge in [-0.3, -0.25) is 0 Å². The summed E-state index contributed by atoms with van der Waals surface area (Å²) in [5.41, 5.74) is 4.55. The average Bonchev–Trinajstić information content (AvgIpc) is 1.35. The summed E-state index contributed by atoms with van der Waals surface area (Å²) in [6.07, 6.45) is 0.728. The molecule has 0 atom stereocenters. The first kappa shape index (κ1) is 5.42. The quantitative estimate of drug-likeness (QED) is 0.244. The van der Waals surface area contributed by atoms with Gasteiger partial charge in [0.1, 0.15) is 0 Å². The molecule has 0 aromatic heterocycles. The van der Waals surface area contributed by atoms with Crippen LogP contribution in [0.25, 0.3) is 0 Å². The van der Waals surface area contributed by atoms with Gasteiger partial charge in [0.2, 0.25) is 10.9 Å². The molecule has 0 aromatic rings. The lowest BCUT2D eigenvalue weighted by atomic mass is 11.4. The van der Waals surface area contributed by atoms with Crippen molar-refractivity contribution in [2.24, 2.45) is 10.1 Å². The van der Waals surface area contributed by atoms with E-state index in [-0.39, 0.29) is 0 Å². The van der Waals surface area contributed by atoms with E-state index >= 15 is 0 Å². The average molecular weight is 108 g/mol. The highest BCUT2D eigenvalue weighted by Gasteiger charge is 1.60. The molecule has 5 heteroatoms. The molecular formula is CH4N2O2S. The molecule has 0 rings (SSSR count). The van der Waals surface area contributed by atoms with Gasteiger partial charge in [-0.05, 0) is 0 Å². The molecule has 0 saturated heterocycles. The molecule has 0 unspecified atom stereocenters. The molecule has 0 bridgehead atoms. The molecule has 36 valence electrons. The Kier molecular flexibility index (Phi) is 2.39. The lowest BCUT2D eigenvalue weighted by molar-refractivity contribution is 0.616. The van der Waals surface area contributed by atoms with Gasteiger partial charge in [0.25, 0.3) is 0 Å². The fourth-order valence-electron chi connectivity index (χ4n) is 0.0544. The van der Waals surface area contributed by atoms with Crippen molar-refractivity contribution in [2.75, 3.05) is 0 Å². The van der Waals surface area contributed by atoms with Gasteiger partial charge in [-0.15, -0.1) is 0 Å². The van der Waals surface area contributed by atoms with Gasteiger partial charge >= 0.3 is 0 Å². The summed E-state index contributed by atoms with van der Waals surface area (Å²) in [6, 6.07) is 0. The fourth-order valence-corrected chi connectivity index (χ4v) is 0.163. The predicted octanol–water partition coefficient (Wildman–Crippen LogP) is -1.50. The molecule has 0 aliphatic carbocycles. The van der Waals surface area contributed by atoms with Crippen molar-refractivity contribution < 1.29 is 8.42 Å². The smallest absolute Gasteiger partial charge is 0.244 e. The zero-order chi connectivity index (χ0) is 4.99. The number of nitrogens with two attached hydrogens (primary N) is 1. The van der Waals surface area contributed by atoms with E-state index in [4.69, 9.17) is 0 Å². The van der Waals surface area contributed by atoms with Crippen LogP contribution in [0.5, 0.6) is 0 Å². The molecule has 0 aromatic carbocycles. The van der Waals surface area contributed by atoms with E-state index in [0.29, 0.717) is 0 Å². The summed E-state index contributed by atoms with van der Waals surface area (Å²) in [6.45, 7) is 0. The van der Waals surface area contributed by atoms with E-state index in [9.17, 15) is 8.42 Å². The van der Waals surface area contributed by atoms with E-state index in [1.165, 1.54) is 0 Å². The third-order valence-corrected chi connectivity index (χ3v) is 0.483. The van der Waals surface area contributed by atoms with Crippen LogP contribution in [0.1, 0.15) is 0 Å². The summed E-state index contributed by atoms with van der Waals surface area (Å²) in [5, 5.41) is 0. The summed E-state index contributed by atoms with van der Waals surface area (Å²) >= 11 is 0. The van der Waals surface area contributed by atoms with Crippen LogP contribution in [0.3, 0.4) is 0 Å². The SMILES string of the molecule is NC=N[SH](=O)=O. The molecule has 0 spiro atoms. The Labute approximate surface area is 36.8 Å². The summed E-state index contributed by atoms with van der Waals surface area (Å²) in [7, 11) is -2.66. The molecule has 0 fully saturated rings. The van der Waals surface area contributed by atoms with Gasteiger partial charge in [0, 0.05) is 0 Å². The van der Waals surface area contributed by atoms with Gasteiger partial charge < -0.3 is 5.73 Å². The highest BCUT2D eigenvalue weighted by molar-refractivity contribution is 7.71. The largest absolute Gasteiger partial charge is 0.389 e. The third-order valence-electron chi connectivity index (χ3n) is 0.161. The van der Waals surface area contributed by atoms with Crippen LogP contribution in [0.15, 0.2) is 4.40 Å². The predicted molar refractivity (Wildman–Crippen MR) is 23.0 cm³/mol. The van der Waals surface area contributed by atoms with Crippen molar-refractivity contribution in [1.82, 2.24) is 0 Å². The number of rotatable bonds is 1. The molecule has 0 aliphatic rings. The van der Waals surface area contributed by atoms with E-state index in [1.54, 1.807) is 0 Å². The van der Waals surface area contributed by atoms with E-state index < -0.39 is 10.9 Å². The highest BCUT2D eigenvalue weighted by Crippen LogP contribution is 1.54. The maximum atomic E-state index is 9.36. The monoisotopic (exact) mass is 108 g/mol. The molecule has 0 radical (unpaired) electrons. The van der Waals surface area contributed by atoms with Crippen molar-refractivity contribution >= 4 is 17.2 Å². The van der Waals surface area contributed by atoms with E-state index in [0.717, 1.165) is 6.34 Å². The molecule has 0 saturated carbocycles. The van der Waals surface area contributed by atoms with Gasteiger partial charge in [0.15, 0.2) is 0 Å². The van der Waals surface area contributed by atoms with Crippen molar-refractivity contribution in [3.8, 4) is 0 Å². The maximum absolute atomic E-state index is 9.36. The zero-order valence-corrected chi connectivity index (χ0v) is 3.76. The highest BCUT2D eigenvalue weighted by atomic mass is 32.2. The minimum absolute atomic E-state index is 0.728. The number of hydrogen-bond acceptors (Lipinski definition) is 2. The maximum Gasteiger partial charge on any atom is 0.244 e. The Bertz CT molecular complexity index is 107. The lowest BCUT2D eigenvalue weighted by Gasteiger charge is -1.60. The molecule has 6 heavy (non-hydrogen) atoms. The molecule has 0 heterocycles. The normalized spacial score (nSPS) is 10.8. The minimum Gasteiger partial charge on any atom is -0.389 e. The topological polar surface area (TPSA) is 72.5 Å². The first-order chi connectivity index (χ1) is 2.77. The molecular weight excluding hydrogens is 104 g/mol.